The third kappa shape index (κ3) is 4.70. The lowest BCUT2D eigenvalue weighted by atomic mass is 10.2. The molecule has 0 atom stereocenters. The fourth-order valence-corrected chi connectivity index (χ4v) is 2.83. The van der Waals surface area contributed by atoms with Crippen molar-refractivity contribution in [1.82, 2.24) is 10.2 Å². The van der Waals surface area contributed by atoms with Crippen LogP contribution in [0.2, 0.25) is 0 Å². The maximum Gasteiger partial charge on any atom is 0.338 e. The lowest BCUT2D eigenvalue weighted by molar-refractivity contribution is -0.384. The van der Waals surface area contributed by atoms with Crippen molar-refractivity contribution in [3.8, 4) is 10.6 Å². The van der Waals surface area contributed by atoms with Gasteiger partial charge < -0.3 is 4.74 Å². The van der Waals surface area contributed by atoms with Crippen molar-refractivity contribution in [2.24, 2.45) is 0 Å². The van der Waals surface area contributed by atoms with Gasteiger partial charge in [-0.15, -0.1) is 10.2 Å². The maximum atomic E-state index is 11.9. The average Bonchev–Trinajstić information content (AvgIpc) is 3.15. The Balaban J connectivity index is 1.53. The zero-order valence-corrected chi connectivity index (χ0v) is 14.5. The quantitative estimate of drug-likeness (QED) is 0.393. The highest BCUT2D eigenvalue weighted by atomic mass is 32.1. The summed E-state index contributed by atoms with van der Waals surface area (Å²) in [4.78, 5) is 33.8. The highest BCUT2D eigenvalue weighted by Gasteiger charge is 2.14. The second-order valence-corrected chi connectivity index (χ2v) is 6.18. The minimum absolute atomic E-state index is 0.107. The molecule has 1 aromatic heterocycles. The molecule has 2 aromatic carbocycles. The molecule has 1 heterocycles. The second-order valence-electron chi connectivity index (χ2n) is 5.21. The van der Waals surface area contributed by atoms with Gasteiger partial charge in [0.15, 0.2) is 6.61 Å². The molecule has 0 aliphatic heterocycles. The van der Waals surface area contributed by atoms with E-state index in [0.717, 1.165) is 5.56 Å². The van der Waals surface area contributed by atoms with E-state index in [0.29, 0.717) is 5.01 Å². The van der Waals surface area contributed by atoms with E-state index in [1.165, 1.54) is 35.6 Å². The van der Waals surface area contributed by atoms with Crippen LogP contribution in [0.15, 0.2) is 54.6 Å². The van der Waals surface area contributed by atoms with Crippen molar-refractivity contribution in [2.45, 2.75) is 0 Å². The Morgan fingerprint density at radius 1 is 1.07 bits per heavy atom. The number of hydrogen-bond acceptors (Lipinski definition) is 8. The lowest BCUT2D eigenvalue weighted by Gasteiger charge is -2.04. The standard InChI is InChI=1S/C17H12N4O5S/c22-14(10-26-16(23)12-6-8-13(9-7-12)21(24)25)18-17-20-19-15(27-17)11-4-2-1-3-5-11/h1-9H,10H2,(H,18,20,22). The number of carbonyl (C=O) groups excluding carboxylic acids is 2. The van der Waals surface area contributed by atoms with Gasteiger partial charge in [0.05, 0.1) is 10.5 Å². The van der Waals surface area contributed by atoms with Crippen LogP contribution in [0.1, 0.15) is 10.4 Å². The number of carbonyl (C=O) groups is 2. The second kappa shape index (κ2) is 8.15. The normalized spacial score (nSPS) is 10.2. The lowest BCUT2D eigenvalue weighted by Crippen LogP contribution is -2.20. The Bertz CT molecular complexity index is 973. The van der Waals surface area contributed by atoms with Crippen LogP contribution in [0.5, 0.6) is 0 Å². The third-order valence-electron chi connectivity index (χ3n) is 3.34. The fraction of sp³-hybridized carbons (Fsp3) is 0.0588. The molecular formula is C17H12N4O5S. The number of amides is 1. The molecule has 9 nitrogen and oxygen atoms in total. The number of aromatic nitrogens is 2. The highest BCUT2D eigenvalue weighted by Crippen LogP contribution is 2.25. The van der Waals surface area contributed by atoms with E-state index < -0.39 is 23.4 Å². The highest BCUT2D eigenvalue weighted by molar-refractivity contribution is 7.18. The third-order valence-corrected chi connectivity index (χ3v) is 4.23. The number of rotatable bonds is 6. The molecule has 0 aliphatic carbocycles. The molecule has 0 bridgehead atoms. The smallest absolute Gasteiger partial charge is 0.338 e. The molecule has 0 saturated heterocycles. The molecule has 1 N–H and O–H groups in total. The van der Waals surface area contributed by atoms with Gasteiger partial charge in [-0.1, -0.05) is 41.7 Å². The molecule has 0 fully saturated rings. The van der Waals surface area contributed by atoms with Crippen molar-refractivity contribution < 1.29 is 19.2 Å². The summed E-state index contributed by atoms with van der Waals surface area (Å²) in [6, 6.07) is 14.2. The van der Waals surface area contributed by atoms with Gasteiger partial charge in [0.25, 0.3) is 11.6 Å². The molecule has 0 saturated carbocycles. The van der Waals surface area contributed by atoms with E-state index in [4.69, 9.17) is 4.74 Å². The van der Waals surface area contributed by atoms with Crippen molar-refractivity contribution >= 4 is 34.0 Å². The van der Waals surface area contributed by atoms with Crippen LogP contribution >= 0.6 is 11.3 Å². The molecule has 1 amide bonds. The first-order valence-electron chi connectivity index (χ1n) is 7.63. The van der Waals surface area contributed by atoms with E-state index >= 15 is 0 Å². The van der Waals surface area contributed by atoms with E-state index in [1.807, 2.05) is 30.3 Å². The number of hydrogen-bond donors (Lipinski definition) is 1. The number of benzene rings is 2. The Morgan fingerprint density at radius 3 is 2.44 bits per heavy atom. The number of nitrogens with one attached hydrogen (secondary N) is 1. The van der Waals surface area contributed by atoms with Gasteiger partial charge in [0.2, 0.25) is 5.13 Å². The van der Waals surface area contributed by atoms with Crippen LogP contribution in [0, 0.1) is 10.1 Å². The first kappa shape index (κ1) is 18.1. The van der Waals surface area contributed by atoms with E-state index in [-0.39, 0.29) is 16.4 Å². The van der Waals surface area contributed by atoms with E-state index in [1.54, 1.807) is 0 Å². The van der Waals surface area contributed by atoms with Crippen LogP contribution in [-0.2, 0) is 9.53 Å². The number of non-ortho nitro benzene ring substituents is 1. The Morgan fingerprint density at radius 2 is 1.78 bits per heavy atom. The monoisotopic (exact) mass is 384 g/mol. The molecule has 0 aliphatic rings. The molecule has 27 heavy (non-hydrogen) atoms. The number of anilines is 1. The van der Waals surface area contributed by atoms with Crippen LogP contribution in [0.3, 0.4) is 0 Å². The first-order chi connectivity index (χ1) is 13.0. The summed E-state index contributed by atoms with van der Waals surface area (Å²) in [5, 5.41) is 21.9. The minimum atomic E-state index is -0.762. The Hall–Kier alpha value is -3.66. The van der Waals surface area contributed by atoms with Crippen LogP contribution in [-0.4, -0.2) is 33.6 Å². The summed E-state index contributed by atoms with van der Waals surface area (Å²) in [6.07, 6.45) is 0. The van der Waals surface area contributed by atoms with Gasteiger partial charge in [-0.2, -0.15) is 0 Å². The number of ether oxygens (including phenoxy) is 1. The van der Waals surface area contributed by atoms with E-state index in [2.05, 4.69) is 15.5 Å². The fourth-order valence-electron chi connectivity index (χ4n) is 2.06. The maximum absolute atomic E-state index is 11.9. The Kier molecular flexibility index (Phi) is 5.47. The topological polar surface area (TPSA) is 124 Å². The number of nitro groups is 1. The zero-order valence-electron chi connectivity index (χ0n) is 13.7. The van der Waals surface area contributed by atoms with Gasteiger partial charge in [0.1, 0.15) is 5.01 Å². The summed E-state index contributed by atoms with van der Waals surface area (Å²) >= 11 is 1.19. The largest absolute Gasteiger partial charge is 0.452 e. The number of esters is 1. The Labute approximate surface area is 156 Å². The summed E-state index contributed by atoms with van der Waals surface area (Å²) < 4.78 is 4.89. The van der Waals surface area contributed by atoms with Crippen LogP contribution < -0.4 is 5.32 Å². The molecule has 0 spiro atoms. The van der Waals surface area contributed by atoms with Crippen LogP contribution in [0.4, 0.5) is 10.8 Å². The number of nitrogens with zero attached hydrogens (tertiary/aromatic N) is 3. The van der Waals surface area contributed by atoms with Crippen LogP contribution in [0.25, 0.3) is 10.6 Å². The van der Waals surface area contributed by atoms with Crippen molar-refractivity contribution in [3.05, 3.63) is 70.3 Å². The molecule has 10 heteroatoms. The molecular weight excluding hydrogens is 372 g/mol. The summed E-state index contributed by atoms with van der Waals surface area (Å²) in [5.41, 5.74) is 0.838. The van der Waals surface area contributed by atoms with Crippen molar-refractivity contribution in [1.29, 1.82) is 0 Å². The molecule has 3 rings (SSSR count). The van der Waals surface area contributed by atoms with Gasteiger partial charge in [0, 0.05) is 17.7 Å². The summed E-state index contributed by atoms with van der Waals surface area (Å²) in [6.45, 7) is -0.518. The number of nitro benzene ring substituents is 1. The minimum Gasteiger partial charge on any atom is -0.452 e. The summed E-state index contributed by atoms with van der Waals surface area (Å²) in [7, 11) is 0. The first-order valence-corrected chi connectivity index (χ1v) is 8.45. The van der Waals surface area contributed by atoms with Crippen molar-refractivity contribution in [2.75, 3.05) is 11.9 Å². The zero-order chi connectivity index (χ0) is 19.2. The SMILES string of the molecule is O=C(COC(=O)c1ccc([N+](=O)[O-])cc1)Nc1nnc(-c2ccccc2)s1. The summed E-state index contributed by atoms with van der Waals surface area (Å²) in [5.74, 6) is -1.33. The molecule has 0 unspecified atom stereocenters. The van der Waals surface area contributed by atoms with Gasteiger partial charge in [-0.3, -0.25) is 20.2 Å². The molecule has 0 radical (unpaired) electrons. The average molecular weight is 384 g/mol. The van der Waals surface area contributed by atoms with Gasteiger partial charge in [-0.25, -0.2) is 4.79 Å². The van der Waals surface area contributed by atoms with Crippen molar-refractivity contribution in [3.63, 3.8) is 0 Å². The predicted molar refractivity (Wildman–Crippen MR) is 97.4 cm³/mol. The molecule has 3 aromatic rings. The van der Waals surface area contributed by atoms with Gasteiger partial charge >= 0.3 is 5.97 Å². The molecule has 136 valence electrons. The predicted octanol–water partition coefficient (Wildman–Crippen LogP) is 2.91. The van der Waals surface area contributed by atoms with Gasteiger partial charge in [-0.05, 0) is 12.1 Å². The van der Waals surface area contributed by atoms with E-state index in [9.17, 15) is 19.7 Å².